The number of hydrogen-bond acceptors (Lipinski definition) is 5. The topological polar surface area (TPSA) is 101 Å². The predicted octanol–water partition coefficient (Wildman–Crippen LogP) is 4.79. The summed E-state index contributed by atoms with van der Waals surface area (Å²) in [7, 11) is 0. The van der Waals surface area contributed by atoms with Gasteiger partial charge in [-0.25, -0.2) is 14.2 Å². The van der Waals surface area contributed by atoms with Crippen LogP contribution in [0.2, 0.25) is 0 Å². The van der Waals surface area contributed by atoms with Crippen LogP contribution in [0.25, 0.3) is 0 Å². The monoisotopic (exact) mass is 433 g/mol. The number of amides is 2. The zero-order valence-electron chi connectivity index (χ0n) is 15.7. The molecule has 4 N–H and O–H groups in total. The lowest BCUT2D eigenvalue weighted by atomic mass is 10.1. The Morgan fingerprint density at radius 1 is 1.13 bits per heavy atom. The van der Waals surface area contributed by atoms with Gasteiger partial charge in [0.05, 0.1) is 28.8 Å². The second kappa shape index (κ2) is 7.43. The number of urea groups is 1. The highest BCUT2D eigenvalue weighted by molar-refractivity contribution is 5.99. The number of benzene rings is 2. The van der Waals surface area contributed by atoms with Crippen LogP contribution in [0.3, 0.4) is 0 Å². The number of aliphatic imine (C=N–C) groups is 1. The molecule has 160 valence electrons. The Labute approximate surface area is 173 Å². The molecule has 31 heavy (non-hydrogen) atoms. The van der Waals surface area contributed by atoms with Gasteiger partial charge in [-0.1, -0.05) is 0 Å². The number of furan rings is 1. The van der Waals surface area contributed by atoms with Crippen molar-refractivity contribution in [2.24, 2.45) is 16.5 Å². The smallest absolute Gasteiger partial charge is 0.416 e. The average molecular weight is 433 g/mol. The highest BCUT2D eigenvalue weighted by Crippen LogP contribution is 2.37. The van der Waals surface area contributed by atoms with Crippen molar-refractivity contribution in [1.29, 1.82) is 0 Å². The normalized spacial score (nSPS) is 15.6. The van der Waals surface area contributed by atoms with Crippen molar-refractivity contribution in [2.45, 2.75) is 12.3 Å². The maximum absolute atomic E-state index is 14.3. The van der Waals surface area contributed by atoms with Crippen LogP contribution < -0.4 is 21.3 Å². The second-order valence-electron chi connectivity index (χ2n) is 6.63. The lowest BCUT2D eigenvalue weighted by molar-refractivity contribution is -0.137. The highest BCUT2D eigenvalue weighted by Gasteiger charge is 2.33. The molecule has 0 radical (unpaired) electrons. The Kier molecular flexibility index (Phi) is 4.90. The highest BCUT2D eigenvalue weighted by atomic mass is 19.4. The summed E-state index contributed by atoms with van der Waals surface area (Å²) in [5.41, 5.74) is 11.1. The van der Waals surface area contributed by atoms with Crippen molar-refractivity contribution in [3.63, 3.8) is 0 Å². The molecule has 1 aliphatic rings. The van der Waals surface area contributed by atoms with Gasteiger partial charge in [0.2, 0.25) is 5.88 Å². The van der Waals surface area contributed by atoms with Crippen molar-refractivity contribution in [3.8, 4) is 0 Å². The molecule has 0 saturated heterocycles. The largest absolute Gasteiger partial charge is 0.446 e. The van der Waals surface area contributed by atoms with Crippen LogP contribution >= 0.6 is 0 Å². The number of carbonyl (C=O) groups is 1. The van der Waals surface area contributed by atoms with E-state index in [0.29, 0.717) is 40.2 Å². The van der Waals surface area contributed by atoms with Gasteiger partial charge < -0.3 is 20.8 Å². The minimum Gasteiger partial charge on any atom is -0.446 e. The average Bonchev–Trinajstić information content (AvgIpc) is 3.19. The molecule has 0 aliphatic carbocycles. The summed E-state index contributed by atoms with van der Waals surface area (Å²) in [5.74, 6) is -0.645. The van der Waals surface area contributed by atoms with Gasteiger partial charge in [-0.05, 0) is 48.5 Å². The summed E-state index contributed by atoms with van der Waals surface area (Å²) in [4.78, 5) is 18.4. The van der Waals surface area contributed by atoms with E-state index in [1.807, 2.05) is 0 Å². The van der Waals surface area contributed by atoms with E-state index in [4.69, 9.17) is 15.9 Å². The van der Waals surface area contributed by atoms with E-state index in [0.717, 1.165) is 0 Å². The fourth-order valence-corrected chi connectivity index (χ4v) is 3.22. The lowest BCUT2D eigenvalue weighted by Gasteiger charge is -2.29. The first-order valence-electron chi connectivity index (χ1n) is 8.88. The van der Waals surface area contributed by atoms with Crippen LogP contribution in [0.4, 0.5) is 45.3 Å². The summed E-state index contributed by atoms with van der Waals surface area (Å²) < 4.78 is 58.7. The molecule has 2 aromatic carbocycles. The third-order valence-corrected chi connectivity index (χ3v) is 4.73. The zero-order chi connectivity index (χ0) is 22.3. The molecule has 0 bridgehead atoms. The summed E-state index contributed by atoms with van der Waals surface area (Å²) in [6.07, 6.45) is -2.39. The molecule has 0 saturated carbocycles. The number of halogens is 4. The summed E-state index contributed by atoms with van der Waals surface area (Å²) in [6.45, 7) is 0. The Morgan fingerprint density at radius 3 is 2.48 bits per heavy atom. The molecule has 2 heterocycles. The molecule has 3 aromatic rings. The van der Waals surface area contributed by atoms with Crippen LogP contribution in [-0.4, -0.2) is 12.4 Å². The maximum atomic E-state index is 14.3. The summed E-state index contributed by atoms with van der Waals surface area (Å²) >= 11 is 0. The number of hydrogen-bond donors (Lipinski definition) is 2. The van der Waals surface area contributed by atoms with Gasteiger partial charge in [0.1, 0.15) is 18.3 Å². The number of fused-ring (bicyclic) bond motifs is 1. The van der Waals surface area contributed by atoms with Gasteiger partial charge in [0.25, 0.3) is 0 Å². The molecule has 4 rings (SSSR count). The molecule has 0 fully saturated rings. The van der Waals surface area contributed by atoms with E-state index in [1.165, 1.54) is 24.7 Å². The fraction of sp³-hybridized carbons (Fsp3) is 0.100. The predicted molar refractivity (Wildman–Crippen MR) is 106 cm³/mol. The van der Waals surface area contributed by atoms with Crippen molar-refractivity contribution in [2.75, 3.05) is 9.80 Å². The van der Waals surface area contributed by atoms with Crippen LogP contribution in [0.15, 0.2) is 64.2 Å². The third kappa shape index (κ3) is 3.70. The first-order chi connectivity index (χ1) is 14.7. The molecule has 1 aliphatic heterocycles. The Bertz CT molecular complexity index is 1160. The van der Waals surface area contributed by atoms with Crippen LogP contribution in [0.5, 0.6) is 0 Å². The summed E-state index contributed by atoms with van der Waals surface area (Å²) in [5, 5.41) is 0. The van der Waals surface area contributed by atoms with E-state index >= 15 is 0 Å². The van der Waals surface area contributed by atoms with E-state index in [1.54, 1.807) is 23.1 Å². The van der Waals surface area contributed by atoms with E-state index in [-0.39, 0.29) is 5.69 Å². The number of alkyl halides is 3. The number of nitrogens with two attached hydrogens (primary N) is 2. The molecule has 1 aromatic heterocycles. The fourth-order valence-electron chi connectivity index (χ4n) is 3.22. The number of primary amides is 1. The SMILES string of the molecule is NC(=O)N(c1ccc(N2C=Nc3occc3C2N)cc1)c1cc(C(F)(F)F)ccc1F. The van der Waals surface area contributed by atoms with Crippen molar-refractivity contribution in [3.05, 3.63) is 71.7 Å². The van der Waals surface area contributed by atoms with Gasteiger partial charge >= 0.3 is 12.2 Å². The first-order valence-corrected chi connectivity index (χ1v) is 8.88. The second-order valence-corrected chi connectivity index (χ2v) is 6.63. The number of carbonyl (C=O) groups excluding carboxylic acids is 1. The molecule has 0 spiro atoms. The zero-order valence-corrected chi connectivity index (χ0v) is 15.7. The molecule has 2 amide bonds. The molecule has 11 heteroatoms. The molecule has 1 atom stereocenters. The Hall–Kier alpha value is -3.86. The molecular weight excluding hydrogens is 418 g/mol. The number of rotatable bonds is 3. The lowest BCUT2D eigenvalue weighted by Crippen LogP contribution is -2.35. The molecule has 1 unspecified atom stereocenters. The molecular formula is C20H15F4N5O2. The molecule has 7 nitrogen and oxygen atoms in total. The minimum atomic E-state index is -4.72. The van der Waals surface area contributed by atoms with Crippen molar-refractivity contribution in [1.82, 2.24) is 0 Å². The van der Waals surface area contributed by atoms with E-state index in [2.05, 4.69) is 4.99 Å². The number of nitrogens with zero attached hydrogens (tertiary/aromatic N) is 3. The van der Waals surface area contributed by atoms with Crippen LogP contribution in [0, 0.1) is 5.82 Å². The minimum absolute atomic E-state index is 0.0704. The standard InChI is InChI=1S/C20H15F4N5O2/c21-15-6-1-11(20(22,23)24)9-16(15)29(19(26)30)13-4-2-12(3-5-13)28-10-27-18-14(17(28)25)7-8-31-18/h1-10,17H,25H2,(H2,26,30). The van der Waals surface area contributed by atoms with Crippen LogP contribution in [0.1, 0.15) is 17.3 Å². The first kappa shape index (κ1) is 20.4. The van der Waals surface area contributed by atoms with Gasteiger partial charge in [-0.15, -0.1) is 0 Å². The van der Waals surface area contributed by atoms with Gasteiger partial charge in [-0.3, -0.25) is 4.90 Å². The Balaban J connectivity index is 1.68. The number of anilines is 3. The van der Waals surface area contributed by atoms with E-state index in [9.17, 15) is 22.4 Å². The van der Waals surface area contributed by atoms with E-state index < -0.39 is 35.4 Å². The van der Waals surface area contributed by atoms with Crippen LogP contribution in [-0.2, 0) is 6.18 Å². The summed E-state index contributed by atoms with van der Waals surface area (Å²) in [6, 6.07) is 8.20. The Morgan fingerprint density at radius 2 is 1.84 bits per heavy atom. The van der Waals surface area contributed by atoms with Gasteiger partial charge in [-0.2, -0.15) is 13.2 Å². The van der Waals surface area contributed by atoms with Crippen molar-refractivity contribution >= 4 is 35.3 Å². The van der Waals surface area contributed by atoms with Gasteiger partial charge in [0, 0.05) is 5.69 Å². The quantitative estimate of drug-likeness (QED) is 0.580. The van der Waals surface area contributed by atoms with Crippen molar-refractivity contribution < 1.29 is 26.8 Å². The van der Waals surface area contributed by atoms with Gasteiger partial charge in [0.15, 0.2) is 0 Å². The third-order valence-electron chi connectivity index (χ3n) is 4.73. The maximum Gasteiger partial charge on any atom is 0.416 e.